The molecule has 1 fully saturated rings. The number of piperidine rings is 1. The van der Waals surface area contributed by atoms with Crippen molar-refractivity contribution in [1.82, 2.24) is 20.2 Å². The van der Waals surface area contributed by atoms with E-state index in [1.807, 2.05) is 35.4 Å². The number of nitrogens with zero attached hydrogens (tertiary/aromatic N) is 3. The maximum absolute atomic E-state index is 12.7. The van der Waals surface area contributed by atoms with E-state index >= 15 is 0 Å². The summed E-state index contributed by atoms with van der Waals surface area (Å²) in [6, 6.07) is 8.20. The van der Waals surface area contributed by atoms with Gasteiger partial charge in [0.15, 0.2) is 0 Å². The van der Waals surface area contributed by atoms with E-state index in [2.05, 4.69) is 10.3 Å². The van der Waals surface area contributed by atoms with Gasteiger partial charge in [-0.3, -0.25) is 4.79 Å². The molecule has 1 N–H and O–H groups in total. The van der Waals surface area contributed by atoms with Gasteiger partial charge >= 0.3 is 0 Å². The molecule has 2 aliphatic rings. The first-order valence-corrected chi connectivity index (χ1v) is 10.2. The van der Waals surface area contributed by atoms with Crippen molar-refractivity contribution >= 4 is 5.91 Å². The Hall–Kier alpha value is -2.47. The average Bonchev–Trinajstić information content (AvgIpc) is 2.77. The molecule has 1 aromatic carbocycles. The van der Waals surface area contributed by atoms with Crippen LogP contribution in [0.1, 0.15) is 54.4 Å². The molecular formula is C22H28N4O2. The molecule has 0 bridgehead atoms. The molecule has 1 saturated heterocycles. The first kappa shape index (κ1) is 18.9. The zero-order valence-corrected chi connectivity index (χ0v) is 16.5. The monoisotopic (exact) mass is 380 g/mol. The minimum atomic E-state index is 0.194. The van der Waals surface area contributed by atoms with Crippen molar-refractivity contribution in [3.05, 3.63) is 53.1 Å². The van der Waals surface area contributed by atoms with Crippen LogP contribution in [0.5, 0.6) is 5.75 Å². The molecule has 1 atom stereocenters. The number of fused-ring (bicyclic) bond motifs is 1. The van der Waals surface area contributed by atoms with E-state index in [0.29, 0.717) is 13.0 Å². The second kappa shape index (κ2) is 8.69. The van der Waals surface area contributed by atoms with Gasteiger partial charge in [0, 0.05) is 37.7 Å². The highest BCUT2D eigenvalue weighted by Gasteiger charge is 2.24. The van der Waals surface area contributed by atoms with Gasteiger partial charge in [-0.1, -0.05) is 18.6 Å². The lowest BCUT2D eigenvalue weighted by Gasteiger charge is -2.29. The van der Waals surface area contributed by atoms with Gasteiger partial charge in [-0.15, -0.1) is 0 Å². The molecule has 28 heavy (non-hydrogen) atoms. The zero-order chi connectivity index (χ0) is 19.3. The number of rotatable bonds is 5. The number of methoxy groups -OCH3 is 1. The highest BCUT2D eigenvalue weighted by atomic mass is 16.5. The quantitative estimate of drug-likeness (QED) is 0.864. The summed E-state index contributed by atoms with van der Waals surface area (Å²) in [7, 11) is 1.66. The molecule has 6 nitrogen and oxygen atoms in total. The van der Waals surface area contributed by atoms with E-state index in [0.717, 1.165) is 60.7 Å². The van der Waals surface area contributed by atoms with Crippen LogP contribution < -0.4 is 10.1 Å². The van der Waals surface area contributed by atoms with Crippen molar-refractivity contribution in [1.29, 1.82) is 0 Å². The molecule has 0 aliphatic carbocycles. The predicted octanol–water partition coefficient (Wildman–Crippen LogP) is 2.82. The first-order chi connectivity index (χ1) is 13.7. The number of benzene rings is 1. The lowest BCUT2D eigenvalue weighted by atomic mass is 10.0. The van der Waals surface area contributed by atoms with Crippen LogP contribution in [-0.4, -0.2) is 41.0 Å². The minimum absolute atomic E-state index is 0.194. The normalized spacial score (nSPS) is 19.2. The largest absolute Gasteiger partial charge is 0.497 e. The molecule has 3 heterocycles. The van der Waals surface area contributed by atoms with Crippen LogP contribution in [-0.2, 0) is 24.2 Å². The summed E-state index contributed by atoms with van der Waals surface area (Å²) in [5.74, 6) is 1.95. The van der Waals surface area contributed by atoms with Gasteiger partial charge < -0.3 is 15.0 Å². The van der Waals surface area contributed by atoms with Crippen molar-refractivity contribution < 1.29 is 9.53 Å². The van der Waals surface area contributed by atoms with Crippen LogP contribution in [0.4, 0.5) is 0 Å². The molecule has 2 aliphatic heterocycles. The molecule has 148 valence electrons. The molecule has 1 amide bonds. The number of hydrogen-bond donors (Lipinski definition) is 1. The second-order valence-corrected chi connectivity index (χ2v) is 7.62. The van der Waals surface area contributed by atoms with Gasteiger partial charge in [-0.2, -0.15) is 0 Å². The Labute approximate surface area is 166 Å². The number of nitrogens with one attached hydrogen (secondary N) is 1. The van der Waals surface area contributed by atoms with Crippen molar-refractivity contribution in [3.63, 3.8) is 0 Å². The number of hydrogen-bond acceptors (Lipinski definition) is 5. The molecule has 1 unspecified atom stereocenters. The zero-order valence-electron chi connectivity index (χ0n) is 16.5. The van der Waals surface area contributed by atoms with Crippen LogP contribution in [0.2, 0.25) is 0 Å². The van der Waals surface area contributed by atoms with E-state index in [4.69, 9.17) is 9.72 Å². The third kappa shape index (κ3) is 4.33. The van der Waals surface area contributed by atoms with Crippen LogP contribution in [0, 0.1) is 0 Å². The maximum atomic E-state index is 12.7. The Kier molecular flexibility index (Phi) is 5.86. The molecule has 1 aromatic heterocycles. The number of aryl methyl sites for hydroxylation is 1. The van der Waals surface area contributed by atoms with Gasteiger partial charge in [0.2, 0.25) is 5.91 Å². The number of carbonyl (C=O) groups excluding carboxylic acids is 1. The summed E-state index contributed by atoms with van der Waals surface area (Å²) in [5.41, 5.74) is 3.35. The average molecular weight is 380 g/mol. The SMILES string of the molecule is COc1ccc(CCC(=O)N2CCc3nc(C4CCCCN4)ncc3C2)cc1. The fourth-order valence-electron chi connectivity index (χ4n) is 3.99. The fraction of sp³-hybridized carbons (Fsp3) is 0.500. The van der Waals surface area contributed by atoms with Gasteiger partial charge in [-0.25, -0.2) is 9.97 Å². The lowest BCUT2D eigenvalue weighted by molar-refractivity contribution is -0.132. The summed E-state index contributed by atoms with van der Waals surface area (Å²) in [5, 5.41) is 3.51. The summed E-state index contributed by atoms with van der Waals surface area (Å²) in [4.78, 5) is 24.0. The smallest absolute Gasteiger partial charge is 0.223 e. The highest BCUT2D eigenvalue weighted by Crippen LogP contribution is 2.23. The standard InChI is InChI=1S/C22H28N4O2/c1-28-18-8-5-16(6-9-18)7-10-21(27)26-13-11-19-17(15-26)14-24-22(25-19)20-4-2-3-12-23-20/h5-6,8-9,14,20,23H,2-4,7,10-13,15H2,1H3. The van der Waals surface area contributed by atoms with Crippen LogP contribution in [0.15, 0.2) is 30.5 Å². The Bertz CT molecular complexity index is 816. The maximum Gasteiger partial charge on any atom is 0.223 e. The van der Waals surface area contributed by atoms with E-state index in [1.54, 1.807) is 7.11 Å². The third-order valence-corrected chi connectivity index (χ3v) is 5.71. The summed E-state index contributed by atoms with van der Waals surface area (Å²) in [6.07, 6.45) is 7.57. The fourth-order valence-corrected chi connectivity index (χ4v) is 3.99. The summed E-state index contributed by atoms with van der Waals surface area (Å²) in [6.45, 7) is 2.40. The summed E-state index contributed by atoms with van der Waals surface area (Å²) < 4.78 is 5.18. The number of aromatic nitrogens is 2. The van der Waals surface area contributed by atoms with Crippen molar-refractivity contribution in [3.8, 4) is 5.75 Å². The van der Waals surface area contributed by atoms with Gasteiger partial charge in [0.25, 0.3) is 0 Å². The van der Waals surface area contributed by atoms with Crippen LogP contribution in [0.3, 0.4) is 0 Å². The molecule has 0 saturated carbocycles. The molecular weight excluding hydrogens is 352 g/mol. The topological polar surface area (TPSA) is 67.3 Å². The molecule has 2 aromatic rings. The van der Waals surface area contributed by atoms with E-state index in [9.17, 15) is 4.79 Å². The number of amides is 1. The van der Waals surface area contributed by atoms with Gasteiger partial charge in [0.1, 0.15) is 11.6 Å². The van der Waals surface area contributed by atoms with Crippen LogP contribution >= 0.6 is 0 Å². The molecule has 6 heteroatoms. The number of carbonyl (C=O) groups is 1. The van der Waals surface area contributed by atoms with Crippen LogP contribution in [0.25, 0.3) is 0 Å². The van der Waals surface area contributed by atoms with E-state index in [1.165, 1.54) is 12.8 Å². The molecule has 0 radical (unpaired) electrons. The Morgan fingerprint density at radius 1 is 1.29 bits per heavy atom. The predicted molar refractivity (Wildman–Crippen MR) is 107 cm³/mol. The first-order valence-electron chi connectivity index (χ1n) is 10.2. The summed E-state index contributed by atoms with van der Waals surface area (Å²) >= 11 is 0. The van der Waals surface area contributed by atoms with E-state index in [-0.39, 0.29) is 11.9 Å². The third-order valence-electron chi connectivity index (χ3n) is 5.71. The van der Waals surface area contributed by atoms with Crippen molar-refractivity contribution in [2.45, 2.75) is 51.1 Å². The highest BCUT2D eigenvalue weighted by molar-refractivity contribution is 5.76. The van der Waals surface area contributed by atoms with Crippen molar-refractivity contribution in [2.75, 3.05) is 20.2 Å². The molecule has 0 spiro atoms. The second-order valence-electron chi connectivity index (χ2n) is 7.62. The van der Waals surface area contributed by atoms with Crippen molar-refractivity contribution in [2.24, 2.45) is 0 Å². The van der Waals surface area contributed by atoms with E-state index < -0.39 is 0 Å². The Morgan fingerprint density at radius 2 is 2.14 bits per heavy atom. The molecule has 4 rings (SSSR count). The van der Waals surface area contributed by atoms with Gasteiger partial charge in [0.05, 0.1) is 18.8 Å². The Balaban J connectivity index is 1.34. The number of ether oxygens (including phenoxy) is 1. The Morgan fingerprint density at radius 3 is 2.89 bits per heavy atom. The lowest BCUT2D eigenvalue weighted by Crippen LogP contribution is -2.37. The minimum Gasteiger partial charge on any atom is -0.497 e. The van der Waals surface area contributed by atoms with Gasteiger partial charge in [-0.05, 0) is 43.5 Å².